The van der Waals surface area contributed by atoms with Crippen LogP contribution in [0.15, 0.2) is 30.3 Å². The van der Waals surface area contributed by atoms with Gasteiger partial charge >= 0.3 is 0 Å². The molecule has 13 heavy (non-hydrogen) atoms. The highest BCUT2D eigenvalue weighted by Gasteiger charge is 2.03. The van der Waals surface area contributed by atoms with Crippen molar-refractivity contribution in [2.75, 3.05) is 18.0 Å². The van der Waals surface area contributed by atoms with Crippen LogP contribution in [0, 0.1) is 5.41 Å². The molecule has 1 aromatic rings. The molecule has 0 saturated carbocycles. The number of para-hydroxylation sites is 1. The Morgan fingerprint density at radius 2 is 2.00 bits per heavy atom. The standard InChI is InChI=1S/C10H15N3/c1-2-13(8-10(11)12)9-6-4-3-5-7-9/h3-7H,2,8H2,1H3,(H3,11,12). The summed E-state index contributed by atoms with van der Waals surface area (Å²) in [6.07, 6.45) is 0. The van der Waals surface area contributed by atoms with Crippen molar-refractivity contribution < 1.29 is 0 Å². The Kier molecular flexibility index (Phi) is 3.31. The molecule has 3 nitrogen and oxygen atoms in total. The molecule has 0 atom stereocenters. The van der Waals surface area contributed by atoms with Gasteiger partial charge in [0.15, 0.2) is 0 Å². The largest absolute Gasteiger partial charge is 0.386 e. The maximum Gasteiger partial charge on any atom is 0.110 e. The van der Waals surface area contributed by atoms with Crippen molar-refractivity contribution in [1.29, 1.82) is 5.41 Å². The third kappa shape index (κ3) is 2.78. The van der Waals surface area contributed by atoms with E-state index in [2.05, 4.69) is 11.8 Å². The summed E-state index contributed by atoms with van der Waals surface area (Å²) in [6, 6.07) is 9.99. The minimum absolute atomic E-state index is 0.200. The van der Waals surface area contributed by atoms with Crippen molar-refractivity contribution in [3.05, 3.63) is 30.3 Å². The molecule has 0 bridgehead atoms. The Bertz CT molecular complexity index is 269. The first-order valence-corrected chi connectivity index (χ1v) is 4.37. The van der Waals surface area contributed by atoms with Gasteiger partial charge in [-0.3, -0.25) is 5.41 Å². The second kappa shape index (κ2) is 4.50. The van der Waals surface area contributed by atoms with Gasteiger partial charge in [0.1, 0.15) is 5.84 Å². The summed E-state index contributed by atoms with van der Waals surface area (Å²) in [5.41, 5.74) is 6.46. The molecule has 1 rings (SSSR count). The predicted molar refractivity (Wildman–Crippen MR) is 56.2 cm³/mol. The fraction of sp³-hybridized carbons (Fsp3) is 0.300. The van der Waals surface area contributed by atoms with E-state index in [1.54, 1.807) is 0 Å². The summed E-state index contributed by atoms with van der Waals surface area (Å²) >= 11 is 0. The SMILES string of the molecule is CCN(CC(=N)N)c1ccccc1. The highest BCUT2D eigenvalue weighted by Crippen LogP contribution is 2.11. The molecule has 3 N–H and O–H groups in total. The second-order valence-electron chi connectivity index (χ2n) is 2.87. The number of nitrogens with two attached hydrogens (primary N) is 1. The number of likely N-dealkylation sites (N-methyl/N-ethyl adjacent to an activating group) is 1. The molecule has 0 radical (unpaired) electrons. The first-order valence-electron chi connectivity index (χ1n) is 4.37. The van der Waals surface area contributed by atoms with E-state index in [0.29, 0.717) is 6.54 Å². The van der Waals surface area contributed by atoms with Gasteiger partial charge in [-0.1, -0.05) is 18.2 Å². The first-order chi connectivity index (χ1) is 6.24. The molecule has 0 amide bonds. The summed E-state index contributed by atoms with van der Waals surface area (Å²) in [7, 11) is 0. The van der Waals surface area contributed by atoms with Crippen molar-refractivity contribution in [1.82, 2.24) is 0 Å². The Morgan fingerprint density at radius 1 is 1.38 bits per heavy atom. The lowest BCUT2D eigenvalue weighted by molar-refractivity contribution is 0.916. The Morgan fingerprint density at radius 3 is 2.46 bits per heavy atom. The molecule has 0 aliphatic heterocycles. The predicted octanol–water partition coefficient (Wildman–Crippen LogP) is 1.45. The van der Waals surface area contributed by atoms with Gasteiger partial charge in [-0.25, -0.2) is 0 Å². The van der Waals surface area contributed by atoms with Crippen LogP contribution < -0.4 is 10.6 Å². The van der Waals surface area contributed by atoms with E-state index in [-0.39, 0.29) is 5.84 Å². The van der Waals surface area contributed by atoms with Crippen LogP contribution in [0.25, 0.3) is 0 Å². The van der Waals surface area contributed by atoms with Gasteiger partial charge in [0, 0.05) is 12.2 Å². The molecular weight excluding hydrogens is 162 g/mol. The zero-order valence-corrected chi connectivity index (χ0v) is 7.83. The molecule has 0 saturated heterocycles. The number of amidine groups is 1. The average Bonchev–Trinajstić information content (AvgIpc) is 2.15. The van der Waals surface area contributed by atoms with Crippen LogP contribution >= 0.6 is 0 Å². The monoisotopic (exact) mass is 177 g/mol. The Labute approximate surface area is 78.7 Å². The van der Waals surface area contributed by atoms with Crippen LogP contribution in [-0.2, 0) is 0 Å². The molecule has 0 unspecified atom stereocenters. The molecule has 0 spiro atoms. The number of benzene rings is 1. The van der Waals surface area contributed by atoms with Crippen LogP contribution in [0.2, 0.25) is 0 Å². The third-order valence-corrected chi connectivity index (χ3v) is 1.86. The lowest BCUT2D eigenvalue weighted by atomic mass is 10.3. The van der Waals surface area contributed by atoms with E-state index in [0.717, 1.165) is 12.2 Å². The molecule has 70 valence electrons. The van der Waals surface area contributed by atoms with Crippen LogP contribution in [0.1, 0.15) is 6.92 Å². The normalized spacial score (nSPS) is 9.62. The molecule has 0 aliphatic rings. The van der Waals surface area contributed by atoms with Gasteiger partial charge in [-0.15, -0.1) is 0 Å². The quantitative estimate of drug-likeness (QED) is 0.540. The van der Waals surface area contributed by atoms with Crippen LogP contribution in [-0.4, -0.2) is 18.9 Å². The summed E-state index contributed by atoms with van der Waals surface area (Å²) in [4.78, 5) is 2.06. The van der Waals surface area contributed by atoms with Crippen LogP contribution in [0.4, 0.5) is 5.69 Å². The summed E-state index contributed by atoms with van der Waals surface area (Å²) in [5, 5.41) is 7.21. The second-order valence-corrected chi connectivity index (χ2v) is 2.87. The van der Waals surface area contributed by atoms with Gasteiger partial charge in [-0.05, 0) is 19.1 Å². The molecule has 0 aliphatic carbocycles. The number of rotatable bonds is 4. The minimum atomic E-state index is 0.200. The molecule has 0 heterocycles. The van der Waals surface area contributed by atoms with Gasteiger partial charge in [0.05, 0.1) is 6.54 Å². The molecular formula is C10H15N3. The summed E-state index contributed by atoms with van der Waals surface area (Å²) in [5.74, 6) is 0.200. The van der Waals surface area contributed by atoms with Crippen LogP contribution in [0.3, 0.4) is 0 Å². The fourth-order valence-corrected chi connectivity index (χ4v) is 1.23. The maximum absolute atomic E-state index is 7.21. The van der Waals surface area contributed by atoms with Gasteiger partial charge in [0.2, 0.25) is 0 Å². The average molecular weight is 177 g/mol. The van der Waals surface area contributed by atoms with Crippen LogP contribution in [0.5, 0.6) is 0 Å². The topological polar surface area (TPSA) is 53.1 Å². The maximum atomic E-state index is 7.21. The number of hydrogen-bond donors (Lipinski definition) is 2. The highest BCUT2D eigenvalue weighted by molar-refractivity contribution is 5.82. The third-order valence-electron chi connectivity index (χ3n) is 1.86. The van der Waals surface area contributed by atoms with Crippen molar-refractivity contribution >= 4 is 11.5 Å². The van der Waals surface area contributed by atoms with Crippen molar-refractivity contribution in [2.45, 2.75) is 6.92 Å². The molecule has 0 aromatic heterocycles. The Hall–Kier alpha value is -1.51. The van der Waals surface area contributed by atoms with Gasteiger partial charge in [-0.2, -0.15) is 0 Å². The van der Waals surface area contributed by atoms with E-state index in [4.69, 9.17) is 11.1 Å². The van der Waals surface area contributed by atoms with E-state index in [1.165, 1.54) is 0 Å². The summed E-state index contributed by atoms with van der Waals surface area (Å²) < 4.78 is 0. The van der Waals surface area contributed by atoms with Crippen molar-refractivity contribution in [2.24, 2.45) is 5.73 Å². The van der Waals surface area contributed by atoms with E-state index >= 15 is 0 Å². The van der Waals surface area contributed by atoms with Gasteiger partial charge < -0.3 is 10.6 Å². The van der Waals surface area contributed by atoms with Crippen molar-refractivity contribution in [3.63, 3.8) is 0 Å². The molecule has 3 heteroatoms. The first kappa shape index (κ1) is 9.58. The lowest BCUT2D eigenvalue weighted by Crippen LogP contribution is -2.33. The summed E-state index contributed by atoms with van der Waals surface area (Å²) in [6.45, 7) is 3.42. The van der Waals surface area contributed by atoms with E-state index in [9.17, 15) is 0 Å². The minimum Gasteiger partial charge on any atom is -0.386 e. The smallest absolute Gasteiger partial charge is 0.110 e. The zero-order valence-electron chi connectivity index (χ0n) is 7.83. The number of nitrogens with zero attached hydrogens (tertiary/aromatic N) is 1. The number of nitrogens with one attached hydrogen (secondary N) is 1. The van der Waals surface area contributed by atoms with Gasteiger partial charge in [0.25, 0.3) is 0 Å². The van der Waals surface area contributed by atoms with E-state index < -0.39 is 0 Å². The number of hydrogen-bond acceptors (Lipinski definition) is 2. The molecule has 1 aromatic carbocycles. The zero-order chi connectivity index (χ0) is 9.68. The highest BCUT2D eigenvalue weighted by atomic mass is 15.1. The number of anilines is 1. The Balaban J connectivity index is 2.73. The fourth-order valence-electron chi connectivity index (χ4n) is 1.23. The lowest BCUT2D eigenvalue weighted by Gasteiger charge is -2.21. The van der Waals surface area contributed by atoms with Crippen molar-refractivity contribution in [3.8, 4) is 0 Å². The van der Waals surface area contributed by atoms with E-state index in [1.807, 2.05) is 30.3 Å². The molecule has 0 fully saturated rings.